The van der Waals surface area contributed by atoms with Gasteiger partial charge in [-0.3, -0.25) is 4.79 Å². The van der Waals surface area contributed by atoms with E-state index in [1.54, 1.807) is 0 Å². The molecule has 1 amide bonds. The number of carbonyl (C=O) groups is 1. The topological polar surface area (TPSA) is 116 Å². The standard InChI is InChI=1S/C15H15ClN2O5S/c16-11-4-5-14(20)13(9-11)18-15(21)10-2-1-3-12(8-10)24(22,23)17-6-7-19/h1-5,8-9,17,19-20H,6-7H2,(H,18,21). The van der Waals surface area contributed by atoms with Gasteiger partial charge in [0.25, 0.3) is 5.91 Å². The zero-order chi connectivity index (χ0) is 17.7. The van der Waals surface area contributed by atoms with Gasteiger partial charge in [0.2, 0.25) is 10.0 Å². The lowest BCUT2D eigenvalue weighted by Gasteiger charge is -2.09. The lowest BCUT2D eigenvalue weighted by molar-refractivity contribution is 0.102. The second-order valence-corrected chi connectivity index (χ2v) is 6.97. The van der Waals surface area contributed by atoms with E-state index in [1.165, 1.54) is 42.5 Å². The monoisotopic (exact) mass is 370 g/mol. The molecule has 0 atom stereocenters. The first-order chi connectivity index (χ1) is 11.3. The van der Waals surface area contributed by atoms with Gasteiger partial charge in [0.1, 0.15) is 5.75 Å². The Morgan fingerprint density at radius 2 is 1.92 bits per heavy atom. The van der Waals surface area contributed by atoms with Crippen LogP contribution in [0.3, 0.4) is 0 Å². The summed E-state index contributed by atoms with van der Waals surface area (Å²) in [5.74, 6) is -0.770. The third kappa shape index (κ3) is 4.45. The van der Waals surface area contributed by atoms with E-state index in [1.807, 2.05) is 0 Å². The number of phenolic OH excluding ortho intramolecular Hbond substituents is 1. The number of anilines is 1. The molecule has 0 fully saturated rings. The van der Waals surface area contributed by atoms with E-state index in [2.05, 4.69) is 10.0 Å². The Morgan fingerprint density at radius 1 is 1.17 bits per heavy atom. The van der Waals surface area contributed by atoms with E-state index >= 15 is 0 Å². The summed E-state index contributed by atoms with van der Waals surface area (Å²) in [5.41, 5.74) is 0.195. The van der Waals surface area contributed by atoms with E-state index in [9.17, 15) is 18.3 Å². The van der Waals surface area contributed by atoms with Crippen LogP contribution < -0.4 is 10.0 Å². The van der Waals surface area contributed by atoms with Crippen molar-refractivity contribution in [3.63, 3.8) is 0 Å². The Kier molecular flexibility index (Phi) is 5.79. The molecule has 2 aromatic rings. The molecule has 0 spiro atoms. The Bertz CT molecular complexity index is 855. The van der Waals surface area contributed by atoms with Crippen LogP contribution >= 0.6 is 11.6 Å². The molecule has 24 heavy (non-hydrogen) atoms. The molecular weight excluding hydrogens is 356 g/mol. The number of aromatic hydroxyl groups is 1. The summed E-state index contributed by atoms with van der Waals surface area (Å²) < 4.78 is 26.2. The molecular formula is C15H15ClN2O5S. The first kappa shape index (κ1) is 18.2. The van der Waals surface area contributed by atoms with Crippen molar-refractivity contribution in [2.45, 2.75) is 4.90 Å². The Morgan fingerprint density at radius 3 is 2.62 bits per heavy atom. The SMILES string of the molecule is O=C(Nc1cc(Cl)ccc1O)c1cccc(S(=O)(=O)NCCO)c1. The maximum Gasteiger partial charge on any atom is 0.255 e. The van der Waals surface area contributed by atoms with Crippen LogP contribution in [-0.4, -0.2) is 37.7 Å². The fraction of sp³-hybridized carbons (Fsp3) is 0.133. The second-order valence-electron chi connectivity index (χ2n) is 4.76. The number of nitrogens with one attached hydrogen (secondary N) is 2. The molecule has 0 bridgehead atoms. The van der Waals surface area contributed by atoms with Crippen molar-refractivity contribution in [2.24, 2.45) is 0 Å². The smallest absolute Gasteiger partial charge is 0.255 e. The molecule has 0 aromatic heterocycles. The van der Waals surface area contributed by atoms with Crippen molar-refractivity contribution >= 4 is 33.2 Å². The number of sulfonamides is 1. The quantitative estimate of drug-likeness (QED) is 0.576. The van der Waals surface area contributed by atoms with Crippen LogP contribution in [0.15, 0.2) is 47.4 Å². The van der Waals surface area contributed by atoms with E-state index in [0.29, 0.717) is 5.02 Å². The molecule has 2 rings (SSSR count). The molecule has 0 aliphatic heterocycles. The summed E-state index contributed by atoms with van der Waals surface area (Å²) in [6.07, 6.45) is 0. The third-order valence-electron chi connectivity index (χ3n) is 3.02. The average Bonchev–Trinajstić information content (AvgIpc) is 2.56. The number of hydrogen-bond donors (Lipinski definition) is 4. The van der Waals surface area contributed by atoms with Crippen molar-refractivity contribution in [2.75, 3.05) is 18.5 Å². The number of halogens is 1. The number of carbonyl (C=O) groups excluding carboxylic acids is 1. The molecule has 9 heteroatoms. The van der Waals surface area contributed by atoms with Gasteiger partial charge in [0.05, 0.1) is 17.2 Å². The molecule has 4 N–H and O–H groups in total. The maximum absolute atomic E-state index is 12.3. The van der Waals surface area contributed by atoms with Gasteiger partial charge in [0.15, 0.2) is 0 Å². The Hall–Kier alpha value is -2.13. The maximum atomic E-state index is 12.3. The van der Waals surface area contributed by atoms with Crippen LogP contribution in [0.4, 0.5) is 5.69 Å². The van der Waals surface area contributed by atoms with Crippen molar-refractivity contribution in [3.8, 4) is 5.75 Å². The molecule has 0 saturated heterocycles. The zero-order valence-corrected chi connectivity index (χ0v) is 13.9. The molecule has 0 unspecified atom stereocenters. The van der Waals surface area contributed by atoms with E-state index in [0.717, 1.165) is 0 Å². The molecule has 0 heterocycles. The number of amides is 1. The molecule has 0 radical (unpaired) electrons. The van der Waals surface area contributed by atoms with Gasteiger partial charge in [-0.05, 0) is 36.4 Å². The number of benzene rings is 2. The minimum absolute atomic E-state index is 0.0845. The van der Waals surface area contributed by atoms with Crippen LogP contribution in [0.2, 0.25) is 5.02 Å². The highest BCUT2D eigenvalue weighted by Gasteiger charge is 2.16. The van der Waals surface area contributed by atoms with Gasteiger partial charge >= 0.3 is 0 Å². The highest BCUT2D eigenvalue weighted by molar-refractivity contribution is 7.89. The van der Waals surface area contributed by atoms with Crippen molar-refractivity contribution in [1.82, 2.24) is 4.72 Å². The van der Waals surface area contributed by atoms with Crippen molar-refractivity contribution < 1.29 is 23.4 Å². The Labute approximate surface area is 143 Å². The fourth-order valence-corrected chi connectivity index (χ4v) is 3.11. The summed E-state index contributed by atoms with van der Waals surface area (Å²) in [6.45, 7) is -0.470. The molecule has 0 aliphatic carbocycles. The van der Waals surface area contributed by atoms with Crippen molar-refractivity contribution in [3.05, 3.63) is 53.1 Å². The highest BCUT2D eigenvalue weighted by atomic mass is 35.5. The first-order valence-corrected chi connectivity index (χ1v) is 8.70. The van der Waals surface area contributed by atoms with Gasteiger partial charge < -0.3 is 15.5 Å². The van der Waals surface area contributed by atoms with Gasteiger partial charge in [-0.2, -0.15) is 0 Å². The summed E-state index contributed by atoms with van der Waals surface area (Å²) in [4.78, 5) is 12.1. The van der Waals surface area contributed by atoms with Gasteiger partial charge in [-0.25, -0.2) is 13.1 Å². The minimum Gasteiger partial charge on any atom is -0.506 e. The number of hydrogen-bond acceptors (Lipinski definition) is 5. The average molecular weight is 371 g/mol. The molecule has 2 aromatic carbocycles. The van der Waals surface area contributed by atoms with E-state index in [4.69, 9.17) is 16.7 Å². The summed E-state index contributed by atoms with van der Waals surface area (Å²) in [5, 5.41) is 21.2. The first-order valence-electron chi connectivity index (χ1n) is 6.84. The highest BCUT2D eigenvalue weighted by Crippen LogP contribution is 2.27. The van der Waals surface area contributed by atoms with Crippen LogP contribution in [0, 0.1) is 0 Å². The van der Waals surface area contributed by atoms with Crippen LogP contribution in [0.25, 0.3) is 0 Å². The third-order valence-corrected chi connectivity index (χ3v) is 4.71. The molecule has 0 aliphatic rings. The number of phenols is 1. The van der Waals surface area contributed by atoms with Gasteiger partial charge in [-0.15, -0.1) is 0 Å². The van der Waals surface area contributed by atoms with Crippen LogP contribution in [0.1, 0.15) is 10.4 Å². The molecule has 0 saturated carbocycles. The summed E-state index contributed by atoms with van der Waals surface area (Å²) in [6, 6.07) is 9.54. The zero-order valence-electron chi connectivity index (χ0n) is 12.4. The summed E-state index contributed by atoms with van der Waals surface area (Å²) in [7, 11) is -3.83. The summed E-state index contributed by atoms with van der Waals surface area (Å²) >= 11 is 5.81. The lowest BCUT2D eigenvalue weighted by atomic mass is 10.2. The van der Waals surface area contributed by atoms with Gasteiger partial charge in [-0.1, -0.05) is 17.7 Å². The van der Waals surface area contributed by atoms with E-state index in [-0.39, 0.29) is 35.0 Å². The molecule has 128 valence electrons. The normalized spacial score (nSPS) is 11.2. The molecule has 7 nitrogen and oxygen atoms in total. The lowest BCUT2D eigenvalue weighted by Crippen LogP contribution is -2.27. The Balaban J connectivity index is 2.25. The van der Waals surface area contributed by atoms with E-state index < -0.39 is 15.9 Å². The largest absolute Gasteiger partial charge is 0.506 e. The number of aliphatic hydroxyl groups is 1. The number of rotatable bonds is 6. The number of aliphatic hydroxyl groups excluding tert-OH is 1. The minimum atomic E-state index is -3.83. The second kappa shape index (κ2) is 7.63. The predicted molar refractivity (Wildman–Crippen MR) is 89.8 cm³/mol. The fourth-order valence-electron chi connectivity index (χ4n) is 1.87. The van der Waals surface area contributed by atoms with Crippen LogP contribution in [-0.2, 0) is 10.0 Å². The van der Waals surface area contributed by atoms with Crippen LogP contribution in [0.5, 0.6) is 5.75 Å². The van der Waals surface area contributed by atoms with Gasteiger partial charge in [0, 0.05) is 17.1 Å². The predicted octanol–water partition coefficient (Wildman–Crippen LogP) is 1.57. The van der Waals surface area contributed by atoms with Crippen molar-refractivity contribution in [1.29, 1.82) is 0 Å².